The van der Waals surface area contributed by atoms with E-state index in [1.807, 2.05) is 38.4 Å². The number of hydrogen-bond acceptors (Lipinski definition) is 3. The highest BCUT2D eigenvalue weighted by atomic mass is 16.5. The first-order chi connectivity index (χ1) is 9.06. The van der Waals surface area contributed by atoms with E-state index in [1.165, 1.54) is 0 Å². The van der Waals surface area contributed by atoms with Crippen molar-refractivity contribution >= 4 is 0 Å². The summed E-state index contributed by atoms with van der Waals surface area (Å²) in [6.45, 7) is 0.862. The van der Waals surface area contributed by atoms with Crippen molar-refractivity contribution in [2.75, 3.05) is 27.7 Å². The Balaban J connectivity index is 2.30. The van der Waals surface area contributed by atoms with E-state index in [0.29, 0.717) is 0 Å². The summed E-state index contributed by atoms with van der Waals surface area (Å²) in [5.74, 6) is 0.983. The summed E-state index contributed by atoms with van der Waals surface area (Å²) in [6.07, 6.45) is 5.79. The zero-order valence-electron chi connectivity index (χ0n) is 12.0. The number of ether oxygens (including phenoxy) is 1. The lowest BCUT2D eigenvalue weighted by molar-refractivity contribution is -0.0522. The maximum atomic E-state index is 11.1. The molecule has 1 aliphatic carbocycles. The van der Waals surface area contributed by atoms with Gasteiger partial charge in [0.05, 0.1) is 12.7 Å². The molecule has 1 aromatic rings. The van der Waals surface area contributed by atoms with E-state index >= 15 is 0 Å². The van der Waals surface area contributed by atoms with Crippen molar-refractivity contribution in [2.45, 2.75) is 24.9 Å². The second-order valence-electron chi connectivity index (χ2n) is 5.57. The number of rotatable bonds is 4. The van der Waals surface area contributed by atoms with Crippen LogP contribution in [0.15, 0.2) is 24.3 Å². The minimum Gasteiger partial charge on any atom is -0.497 e. The molecule has 2 atom stereocenters. The van der Waals surface area contributed by atoms with Crippen LogP contribution >= 0.6 is 0 Å². The van der Waals surface area contributed by atoms with Gasteiger partial charge in [-0.05, 0) is 57.5 Å². The summed E-state index contributed by atoms with van der Waals surface area (Å²) >= 11 is 0. The SMILES string of the molecule is COc1cccc(C2(O)CC[C]CC2CN(C)C)c1. The third-order valence-corrected chi connectivity index (χ3v) is 3.90. The molecule has 0 spiro atoms. The number of nitrogens with zero attached hydrogens (tertiary/aromatic N) is 1. The van der Waals surface area contributed by atoms with Crippen LogP contribution in [0.5, 0.6) is 5.75 Å². The Morgan fingerprint density at radius 2 is 2.26 bits per heavy atom. The molecule has 3 nitrogen and oxygen atoms in total. The Labute approximate surface area is 116 Å². The first-order valence-corrected chi connectivity index (χ1v) is 6.78. The molecule has 1 aromatic carbocycles. The highest BCUT2D eigenvalue weighted by Crippen LogP contribution is 2.42. The number of benzene rings is 1. The topological polar surface area (TPSA) is 32.7 Å². The molecule has 0 bridgehead atoms. The Bertz CT molecular complexity index is 419. The smallest absolute Gasteiger partial charge is 0.119 e. The van der Waals surface area contributed by atoms with Crippen LogP contribution in [0, 0.1) is 12.3 Å². The lowest BCUT2D eigenvalue weighted by atomic mass is 9.71. The van der Waals surface area contributed by atoms with E-state index in [9.17, 15) is 5.11 Å². The van der Waals surface area contributed by atoms with Gasteiger partial charge in [-0.15, -0.1) is 0 Å². The van der Waals surface area contributed by atoms with E-state index in [1.54, 1.807) is 7.11 Å². The molecular weight excluding hydrogens is 238 g/mol. The Hall–Kier alpha value is -1.06. The van der Waals surface area contributed by atoms with Gasteiger partial charge in [0.25, 0.3) is 0 Å². The molecule has 1 N–H and O–H groups in total. The molecule has 0 amide bonds. The lowest BCUT2D eigenvalue weighted by Crippen LogP contribution is -2.43. The summed E-state index contributed by atoms with van der Waals surface area (Å²) < 4.78 is 5.27. The Kier molecular flexibility index (Phi) is 4.48. The minimum absolute atomic E-state index is 0.184. The molecule has 1 saturated carbocycles. The van der Waals surface area contributed by atoms with Gasteiger partial charge in [0, 0.05) is 12.5 Å². The van der Waals surface area contributed by atoms with Gasteiger partial charge >= 0.3 is 0 Å². The van der Waals surface area contributed by atoms with Crippen LogP contribution in [0.1, 0.15) is 24.8 Å². The average molecular weight is 261 g/mol. The lowest BCUT2D eigenvalue weighted by Gasteiger charge is -2.41. The maximum Gasteiger partial charge on any atom is 0.119 e. The predicted octanol–water partition coefficient (Wildman–Crippen LogP) is 2.33. The van der Waals surface area contributed by atoms with Crippen LogP contribution in [0.2, 0.25) is 0 Å². The summed E-state index contributed by atoms with van der Waals surface area (Å²) in [5.41, 5.74) is 0.185. The molecule has 1 fully saturated rings. The van der Waals surface area contributed by atoms with E-state index in [4.69, 9.17) is 4.74 Å². The van der Waals surface area contributed by atoms with Crippen molar-refractivity contribution in [3.8, 4) is 5.75 Å². The molecule has 0 saturated heterocycles. The summed E-state index contributed by atoms with van der Waals surface area (Å²) in [7, 11) is 5.74. The number of methoxy groups -OCH3 is 1. The highest BCUT2D eigenvalue weighted by Gasteiger charge is 2.40. The molecule has 3 heteroatoms. The monoisotopic (exact) mass is 261 g/mol. The van der Waals surface area contributed by atoms with E-state index < -0.39 is 5.60 Å². The van der Waals surface area contributed by atoms with Gasteiger partial charge in [-0.1, -0.05) is 12.1 Å². The van der Waals surface area contributed by atoms with E-state index in [-0.39, 0.29) is 5.92 Å². The number of aliphatic hydroxyl groups is 1. The average Bonchev–Trinajstić information content (AvgIpc) is 2.41. The van der Waals surface area contributed by atoms with Gasteiger partial charge in [-0.3, -0.25) is 0 Å². The summed E-state index contributed by atoms with van der Waals surface area (Å²) in [4.78, 5) is 2.13. The van der Waals surface area contributed by atoms with Crippen molar-refractivity contribution in [2.24, 2.45) is 5.92 Å². The Morgan fingerprint density at radius 1 is 1.47 bits per heavy atom. The molecule has 1 aliphatic rings. The second kappa shape index (κ2) is 5.93. The molecule has 104 valence electrons. The molecule has 0 heterocycles. The third kappa shape index (κ3) is 3.10. The second-order valence-corrected chi connectivity index (χ2v) is 5.57. The fourth-order valence-electron chi connectivity index (χ4n) is 2.86. The molecule has 2 unspecified atom stereocenters. The number of hydrogen-bond donors (Lipinski definition) is 1. The first kappa shape index (κ1) is 14.4. The van der Waals surface area contributed by atoms with Gasteiger partial charge < -0.3 is 14.7 Å². The fourth-order valence-corrected chi connectivity index (χ4v) is 2.86. The third-order valence-electron chi connectivity index (χ3n) is 3.90. The predicted molar refractivity (Wildman–Crippen MR) is 76.0 cm³/mol. The zero-order valence-corrected chi connectivity index (χ0v) is 12.0. The van der Waals surface area contributed by atoms with Crippen molar-refractivity contribution in [3.63, 3.8) is 0 Å². The van der Waals surface area contributed by atoms with Crippen LogP contribution in [-0.4, -0.2) is 37.8 Å². The van der Waals surface area contributed by atoms with E-state index in [0.717, 1.165) is 37.1 Å². The molecule has 2 radical (unpaired) electrons. The van der Waals surface area contributed by atoms with Crippen LogP contribution < -0.4 is 4.74 Å². The molecular formula is C16H23NO2. The zero-order chi connectivity index (χ0) is 13.9. The largest absolute Gasteiger partial charge is 0.497 e. The molecule has 19 heavy (non-hydrogen) atoms. The van der Waals surface area contributed by atoms with Gasteiger partial charge in [0.1, 0.15) is 5.75 Å². The van der Waals surface area contributed by atoms with Crippen molar-refractivity contribution in [1.82, 2.24) is 4.90 Å². The maximum absolute atomic E-state index is 11.1. The van der Waals surface area contributed by atoms with Crippen LogP contribution in [0.25, 0.3) is 0 Å². The highest BCUT2D eigenvalue weighted by molar-refractivity contribution is 5.33. The molecule has 0 aromatic heterocycles. The van der Waals surface area contributed by atoms with Gasteiger partial charge in [-0.25, -0.2) is 0 Å². The van der Waals surface area contributed by atoms with Crippen molar-refractivity contribution in [1.29, 1.82) is 0 Å². The quantitative estimate of drug-likeness (QED) is 0.903. The van der Waals surface area contributed by atoms with Gasteiger partial charge in [-0.2, -0.15) is 0 Å². The first-order valence-electron chi connectivity index (χ1n) is 6.78. The summed E-state index contributed by atoms with van der Waals surface area (Å²) in [5, 5.41) is 11.1. The van der Waals surface area contributed by atoms with Gasteiger partial charge in [0.15, 0.2) is 0 Å². The Morgan fingerprint density at radius 3 is 2.95 bits per heavy atom. The standard InChI is InChI=1S/C16H23NO2/c1-17(2)12-14-7-4-5-10-16(14,18)13-8-6-9-15(11-13)19-3/h6,8-9,11,14,18H,5,7,10,12H2,1-3H3. The van der Waals surface area contributed by atoms with E-state index in [2.05, 4.69) is 11.3 Å². The molecule has 2 rings (SSSR count). The summed E-state index contributed by atoms with van der Waals surface area (Å²) in [6, 6.07) is 7.81. The van der Waals surface area contributed by atoms with Crippen molar-refractivity contribution in [3.05, 3.63) is 36.2 Å². The molecule has 0 aliphatic heterocycles. The fraction of sp³-hybridized carbons (Fsp3) is 0.562. The van der Waals surface area contributed by atoms with Crippen LogP contribution in [0.4, 0.5) is 0 Å². The van der Waals surface area contributed by atoms with Crippen LogP contribution in [0.3, 0.4) is 0 Å². The van der Waals surface area contributed by atoms with Crippen LogP contribution in [-0.2, 0) is 5.60 Å². The van der Waals surface area contributed by atoms with Gasteiger partial charge in [0.2, 0.25) is 0 Å². The minimum atomic E-state index is -0.774. The normalized spacial score (nSPS) is 27.5. The van der Waals surface area contributed by atoms with Crippen molar-refractivity contribution < 1.29 is 9.84 Å².